The van der Waals surface area contributed by atoms with Crippen LogP contribution in [0.5, 0.6) is 11.6 Å². The van der Waals surface area contributed by atoms with Crippen molar-refractivity contribution in [3.8, 4) is 29.0 Å². The highest BCUT2D eigenvalue weighted by Crippen LogP contribution is 2.46. The van der Waals surface area contributed by atoms with Gasteiger partial charge in [-0.05, 0) is 23.6 Å². The van der Waals surface area contributed by atoms with Gasteiger partial charge in [-0.3, -0.25) is 5.10 Å². The summed E-state index contributed by atoms with van der Waals surface area (Å²) in [7, 11) is 1.62. The summed E-state index contributed by atoms with van der Waals surface area (Å²) in [4.78, 5) is 1.01. The second-order valence-electron chi connectivity index (χ2n) is 5.49. The van der Waals surface area contributed by atoms with Gasteiger partial charge in [0, 0.05) is 10.4 Å². The summed E-state index contributed by atoms with van der Waals surface area (Å²) in [6.07, 6.45) is 0. The molecule has 1 aliphatic rings. The predicted molar refractivity (Wildman–Crippen MR) is 94.2 cm³/mol. The first-order chi connectivity index (χ1) is 12.2. The standard InChI is InChI=1S/C18H14N4O2S/c1-23-11-5-2-4-10(8-11)16-15-14(13-6-3-7-25-13)12(9-19)17(20)24-18(15)22-21-16/h2-8,14H,20H2,1H3,(H,21,22)/t14-/m1/s1. The van der Waals surface area contributed by atoms with Crippen LogP contribution in [0.25, 0.3) is 11.3 Å². The van der Waals surface area contributed by atoms with Crippen LogP contribution in [0.2, 0.25) is 0 Å². The monoisotopic (exact) mass is 350 g/mol. The van der Waals surface area contributed by atoms with E-state index in [0.717, 1.165) is 27.4 Å². The Morgan fingerprint density at radius 2 is 2.24 bits per heavy atom. The minimum absolute atomic E-state index is 0.0945. The Bertz CT molecular complexity index is 999. The summed E-state index contributed by atoms with van der Waals surface area (Å²) in [6, 6.07) is 13.8. The third kappa shape index (κ3) is 2.44. The van der Waals surface area contributed by atoms with Gasteiger partial charge in [-0.2, -0.15) is 5.26 Å². The van der Waals surface area contributed by atoms with Crippen molar-refractivity contribution in [2.45, 2.75) is 5.92 Å². The SMILES string of the molecule is COc1cccc(-c2[nH]nc3c2[C@@H](c2cccs2)C(C#N)=C(N)O3)c1. The molecule has 1 aromatic carbocycles. The zero-order valence-electron chi connectivity index (χ0n) is 13.3. The fourth-order valence-corrected chi connectivity index (χ4v) is 3.83. The Morgan fingerprint density at radius 3 is 2.96 bits per heavy atom. The lowest BCUT2D eigenvalue weighted by Crippen LogP contribution is -2.20. The number of hydrogen-bond acceptors (Lipinski definition) is 6. The summed E-state index contributed by atoms with van der Waals surface area (Å²) >= 11 is 1.57. The second-order valence-corrected chi connectivity index (χ2v) is 6.47. The minimum atomic E-state index is -0.311. The number of nitrogens with two attached hydrogens (primary N) is 1. The van der Waals surface area contributed by atoms with Gasteiger partial charge in [-0.15, -0.1) is 16.4 Å². The molecule has 3 N–H and O–H groups in total. The van der Waals surface area contributed by atoms with Crippen molar-refractivity contribution in [3.05, 3.63) is 63.7 Å². The van der Waals surface area contributed by atoms with Crippen LogP contribution in [0.4, 0.5) is 0 Å². The van der Waals surface area contributed by atoms with Crippen LogP contribution in [0.15, 0.2) is 53.2 Å². The topological polar surface area (TPSA) is 97.0 Å². The molecule has 0 saturated heterocycles. The molecule has 0 fully saturated rings. The molecule has 7 heteroatoms. The van der Waals surface area contributed by atoms with Crippen molar-refractivity contribution in [2.24, 2.45) is 5.73 Å². The maximum absolute atomic E-state index is 9.62. The molecule has 0 unspecified atom stereocenters. The van der Waals surface area contributed by atoms with Crippen molar-refractivity contribution in [2.75, 3.05) is 7.11 Å². The Labute approximate surface area is 148 Å². The summed E-state index contributed by atoms with van der Waals surface area (Å²) in [5.41, 5.74) is 8.84. The number of H-pyrrole nitrogens is 1. The van der Waals surface area contributed by atoms with Crippen molar-refractivity contribution in [3.63, 3.8) is 0 Å². The molecule has 0 radical (unpaired) electrons. The van der Waals surface area contributed by atoms with Crippen molar-refractivity contribution >= 4 is 11.3 Å². The maximum atomic E-state index is 9.62. The first-order valence-electron chi connectivity index (χ1n) is 7.56. The lowest BCUT2D eigenvalue weighted by molar-refractivity contribution is 0.379. The fourth-order valence-electron chi connectivity index (χ4n) is 2.98. The molecule has 2 aromatic heterocycles. The van der Waals surface area contributed by atoms with Crippen LogP contribution >= 0.6 is 11.3 Å². The van der Waals surface area contributed by atoms with E-state index >= 15 is 0 Å². The lowest BCUT2D eigenvalue weighted by Gasteiger charge is -2.22. The van der Waals surface area contributed by atoms with Gasteiger partial charge < -0.3 is 15.2 Å². The number of nitrogens with one attached hydrogen (secondary N) is 1. The minimum Gasteiger partial charge on any atom is -0.497 e. The highest BCUT2D eigenvalue weighted by atomic mass is 32.1. The van der Waals surface area contributed by atoms with Gasteiger partial charge in [0.25, 0.3) is 0 Å². The molecule has 3 heterocycles. The number of methoxy groups -OCH3 is 1. The molecule has 124 valence electrons. The quantitative estimate of drug-likeness (QED) is 0.755. The Balaban J connectivity index is 1.93. The summed E-state index contributed by atoms with van der Waals surface area (Å²) < 4.78 is 10.9. The molecule has 0 bridgehead atoms. The number of nitrogens with zero attached hydrogens (tertiary/aromatic N) is 2. The number of ether oxygens (including phenoxy) is 2. The number of aromatic amines is 1. The number of thiophene rings is 1. The molecule has 4 rings (SSSR count). The highest BCUT2D eigenvalue weighted by Gasteiger charge is 2.36. The molecule has 0 amide bonds. The van der Waals surface area contributed by atoms with E-state index in [1.165, 1.54) is 0 Å². The molecule has 1 atom stereocenters. The van der Waals surface area contributed by atoms with Gasteiger partial charge in [0.15, 0.2) is 0 Å². The maximum Gasteiger partial charge on any atom is 0.244 e. The second kappa shape index (κ2) is 6.00. The van der Waals surface area contributed by atoms with E-state index in [9.17, 15) is 5.26 Å². The number of nitriles is 1. The number of hydrogen-bond donors (Lipinski definition) is 2. The number of allylic oxidation sites excluding steroid dienone is 1. The molecule has 25 heavy (non-hydrogen) atoms. The van der Waals surface area contributed by atoms with Crippen molar-refractivity contribution in [1.29, 1.82) is 5.26 Å². The van der Waals surface area contributed by atoms with E-state index in [1.54, 1.807) is 18.4 Å². The van der Waals surface area contributed by atoms with E-state index in [2.05, 4.69) is 16.3 Å². The summed E-state index contributed by atoms with van der Waals surface area (Å²) in [5, 5.41) is 18.9. The van der Waals surface area contributed by atoms with E-state index in [0.29, 0.717) is 11.5 Å². The van der Waals surface area contributed by atoms with E-state index < -0.39 is 0 Å². The van der Waals surface area contributed by atoms with Gasteiger partial charge >= 0.3 is 0 Å². The number of aromatic nitrogens is 2. The van der Waals surface area contributed by atoms with Crippen molar-refractivity contribution < 1.29 is 9.47 Å². The third-order valence-corrected chi connectivity index (χ3v) is 5.06. The largest absolute Gasteiger partial charge is 0.497 e. The van der Waals surface area contributed by atoms with Gasteiger partial charge in [-0.25, -0.2) is 0 Å². The normalized spacial score (nSPS) is 16.1. The zero-order valence-corrected chi connectivity index (χ0v) is 14.1. The third-order valence-electron chi connectivity index (χ3n) is 4.13. The van der Waals surface area contributed by atoms with Gasteiger partial charge in [0.2, 0.25) is 11.8 Å². The van der Waals surface area contributed by atoms with Crippen LogP contribution in [0.3, 0.4) is 0 Å². The fraction of sp³-hybridized carbons (Fsp3) is 0.111. The van der Waals surface area contributed by atoms with Crippen LogP contribution in [-0.4, -0.2) is 17.3 Å². The summed E-state index contributed by atoms with van der Waals surface area (Å²) in [5.74, 6) is 0.916. The van der Waals surface area contributed by atoms with Gasteiger partial charge in [0.05, 0.1) is 24.3 Å². The summed E-state index contributed by atoms with van der Waals surface area (Å²) in [6.45, 7) is 0. The molecule has 0 saturated carbocycles. The Kier molecular flexibility index (Phi) is 3.67. The van der Waals surface area contributed by atoms with Crippen LogP contribution < -0.4 is 15.2 Å². The van der Waals surface area contributed by atoms with Crippen LogP contribution in [0, 0.1) is 11.3 Å². The Morgan fingerprint density at radius 1 is 1.36 bits per heavy atom. The Hall–Kier alpha value is -3.24. The van der Waals surface area contributed by atoms with E-state index in [4.69, 9.17) is 15.2 Å². The lowest BCUT2D eigenvalue weighted by atomic mass is 9.87. The molecule has 6 nitrogen and oxygen atoms in total. The number of fused-ring (bicyclic) bond motifs is 1. The number of rotatable bonds is 3. The van der Waals surface area contributed by atoms with Gasteiger partial charge in [0.1, 0.15) is 17.4 Å². The van der Waals surface area contributed by atoms with Crippen molar-refractivity contribution in [1.82, 2.24) is 10.2 Å². The van der Waals surface area contributed by atoms with Crippen LogP contribution in [0.1, 0.15) is 16.4 Å². The first kappa shape index (κ1) is 15.3. The first-order valence-corrected chi connectivity index (χ1v) is 8.44. The molecule has 3 aromatic rings. The smallest absolute Gasteiger partial charge is 0.244 e. The molecular weight excluding hydrogens is 336 g/mol. The zero-order chi connectivity index (χ0) is 17.4. The molecule has 0 spiro atoms. The van der Waals surface area contributed by atoms with Gasteiger partial charge in [-0.1, -0.05) is 18.2 Å². The van der Waals surface area contributed by atoms with E-state index in [1.807, 2.05) is 41.8 Å². The molecular formula is C18H14N4O2S. The highest BCUT2D eigenvalue weighted by molar-refractivity contribution is 7.10. The van der Waals surface area contributed by atoms with E-state index in [-0.39, 0.29) is 11.8 Å². The average Bonchev–Trinajstić information content (AvgIpc) is 3.30. The predicted octanol–water partition coefficient (Wildman–Crippen LogP) is 3.36. The van der Waals surface area contributed by atoms with Crippen LogP contribution in [-0.2, 0) is 0 Å². The molecule has 1 aliphatic heterocycles. The average molecular weight is 350 g/mol. The number of benzene rings is 1. The molecule has 0 aliphatic carbocycles.